The van der Waals surface area contributed by atoms with Crippen LogP contribution in [0.25, 0.3) is 0 Å². The monoisotopic (exact) mass is 253 g/mol. The molecule has 1 aromatic rings. The van der Waals surface area contributed by atoms with Crippen LogP contribution < -0.4 is 0 Å². The molecule has 1 aliphatic rings. The minimum atomic E-state index is -0.208. The molecule has 0 saturated heterocycles. The number of carbonyl (C=O) groups is 2. The van der Waals surface area contributed by atoms with Gasteiger partial charge in [-0.2, -0.15) is 0 Å². The maximum Gasteiger partial charge on any atom is 0.262 e. The maximum atomic E-state index is 11.7. The van der Waals surface area contributed by atoms with Crippen LogP contribution in [0.1, 0.15) is 27.6 Å². The second kappa shape index (κ2) is 3.20. The van der Waals surface area contributed by atoms with E-state index in [0.29, 0.717) is 22.1 Å². The standard InChI is InChI=1S/C10H8BrNO2/c1-2-12-9(13)6-4-3-5-7(11)8(6)10(12)14/h3-5H,2H2,1H3. The first-order chi connectivity index (χ1) is 6.66. The minimum Gasteiger partial charge on any atom is -0.275 e. The molecule has 0 radical (unpaired) electrons. The first-order valence-electron chi connectivity index (χ1n) is 4.31. The Labute approximate surface area is 89.8 Å². The smallest absolute Gasteiger partial charge is 0.262 e. The van der Waals surface area contributed by atoms with Gasteiger partial charge in [0, 0.05) is 11.0 Å². The Morgan fingerprint density at radius 1 is 1.29 bits per heavy atom. The zero-order chi connectivity index (χ0) is 10.3. The molecule has 1 heterocycles. The topological polar surface area (TPSA) is 37.4 Å². The largest absolute Gasteiger partial charge is 0.275 e. The predicted octanol–water partition coefficient (Wildman–Crippen LogP) is 2.06. The zero-order valence-electron chi connectivity index (χ0n) is 7.58. The lowest BCUT2D eigenvalue weighted by molar-refractivity contribution is 0.0662. The number of hydrogen-bond acceptors (Lipinski definition) is 2. The average Bonchev–Trinajstić information content (AvgIpc) is 2.41. The summed E-state index contributed by atoms with van der Waals surface area (Å²) >= 11 is 3.27. The number of hydrogen-bond donors (Lipinski definition) is 0. The van der Waals surface area contributed by atoms with Crippen molar-refractivity contribution < 1.29 is 9.59 Å². The van der Waals surface area contributed by atoms with Crippen molar-refractivity contribution in [3.05, 3.63) is 33.8 Å². The molecule has 2 amide bonds. The van der Waals surface area contributed by atoms with E-state index in [1.165, 1.54) is 4.90 Å². The van der Waals surface area contributed by atoms with Crippen molar-refractivity contribution in [3.8, 4) is 0 Å². The number of halogens is 1. The number of nitrogens with zero attached hydrogens (tertiary/aromatic N) is 1. The Morgan fingerprint density at radius 3 is 2.57 bits per heavy atom. The summed E-state index contributed by atoms with van der Waals surface area (Å²) in [5.41, 5.74) is 0.977. The molecule has 14 heavy (non-hydrogen) atoms. The van der Waals surface area contributed by atoms with Crippen LogP contribution in [0.5, 0.6) is 0 Å². The number of amides is 2. The van der Waals surface area contributed by atoms with Crippen LogP contribution >= 0.6 is 15.9 Å². The summed E-state index contributed by atoms with van der Waals surface area (Å²) in [5, 5.41) is 0. The van der Waals surface area contributed by atoms with E-state index in [9.17, 15) is 9.59 Å². The van der Waals surface area contributed by atoms with Crippen molar-refractivity contribution >= 4 is 27.7 Å². The molecule has 4 heteroatoms. The van der Waals surface area contributed by atoms with Crippen molar-refractivity contribution in [3.63, 3.8) is 0 Å². The molecule has 0 atom stereocenters. The fourth-order valence-electron chi connectivity index (χ4n) is 1.58. The third-order valence-electron chi connectivity index (χ3n) is 2.26. The van der Waals surface area contributed by atoms with Crippen molar-refractivity contribution in [1.29, 1.82) is 0 Å². The van der Waals surface area contributed by atoms with Gasteiger partial charge >= 0.3 is 0 Å². The molecular weight excluding hydrogens is 246 g/mol. The number of fused-ring (bicyclic) bond motifs is 1. The van der Waals surface area contributed by atoms with Crippen LogP contribution in [-0.2, 0) is 0 Å². The first-order valence-corrected chi connectivity index (χ1v) is 5.10. The fourth-order valence-corrected chi connectivity index (χ4v) is 2.12. The third-order valence-corrected chi connectivity index (χ3v) is 2.93. The van der Waals surface area contributed by atoms with Crippen molar-refractivity contribution in [2.24, 2.45) is 0 Å². The highest BCUT2D eigenvalue weighted by molar-refractivity contribution is 9.10. The molecule has 0 spiro atoms. The summed E-state index contributed by atoms with van der Waals surface area (Å²) in [6.45, 7) is 2.20. The van der Waals surface area contributed by atoms with Gasteiger partial charge < -0.3 is 0 Å². The summed E-state index contributed by atoms with van der Waals surface area (Å²) in [6, 6.07) is 5.20. The molecule has 0 aliphatic carbocycles. The molecule has 0 saturated carbocycles. The molecule has 0 N–H and O–H groups in total. The van der Waals surface area contributed by atoms with Crippen LogP contribution in [0.3, 0.4) is 0 Å². The zero-order valence-corrected chi connectivity index (χ0v) is 9.17. The van der Waals surface area contributed by atoms with E-state index in [0.717, 1.165) is 0 Å². The second-order valence-electron chi connectivity index (χ2n) is 3.02. The van der Waals surface area contributed by atoms with E-state index in [4.69, 9.17) is 0 Å². The summed E-state index contributed by atoms with van der Waals surface area (Å²) in [6.07, 6.45) is 0. The molecule has 0 aromatic heterocycles. The lowest BCUT2D eigenvalue weighted by Gasteiger charge is -2.08. The number of imide groups is 1. The molecule has 1 aromatic carbocycles. The predicted molar refractivity (Wildman–Crippen MR) is 55.2 cm³/mol. The Balaban J connectivity index is 2.64. The van der Waals surface area contributed by atoms with Gasteiger partial charge in [-0.1, -0.05) is 6.07 Å². The van der Waals surface area contributed by atoms with E-state index < -0.39 is 0 Å². The maximum absolute atomic E-state index is 11.7. The van der Waals surface area contributed by atoms with E-state index in [2.05, 4.69) is 15.9 Å². The van der Waals surface area contributed by atoms with E-state index in [1.807, 2.05) is 0 Å². The number of benzene rings is 1. The minimum absolute atomic E-state index is 0.200. The van der Waals surface area contributed by atoms with Gasteiger partial charge in [0.15, 0.2) is 0 Å². The van der Waals surface area contributed by atoms with E-state index in [1.54, 1.807) is 25.1 Å². The van der Waals surface area contributed by atoms with E-state index >= 15 is 0 Å². The Hall–Kier alpha value is -1.16. The lowest BCUT2D eigenvalue weighted by Crippen LogP contribution is -2.29. The van der Waals surface area contributed by atoms with Gasteiger partial charge in [-0.3, -0.25) is 14.5 Å². The SMILES string of the molecule is CCN1C(=O)c2cccc(Br)c2C1=O. The molecule has 1 aliphatic heterocycles. The normalized spacial score (nSPS) is 14.9. The Bertz CT molecular complexity index is 428. The fraction of sp³-hybridized carbons (Fsp3) is 0.200. The second-order valence-corrected chi connectivity index (χ2v) is 3.87. The van der Waals surface area contributed by atoms with Gasteiger partial charge in [0.25, 0.3) is 11.8 Å². The molecule has 3 nitrogen and oxygen atoms in total. The molecule has 0 bridgehead atoms. The van der Waals surface area contributed by atoms with Crippen LogP contribution in [0.2, 0.25) is 0 Å². The summed E-state index contributed by atoms with van der Waals surface area (Å²) in [4.78, 5) is 24.7. The first kappa shape index (κ1) is 9.40. The van der Waals surface area contributed by atoms with Crippen molar-refractivity contribution in [2.45, 2.75) is 6.92 Å². The van der Waals surface area contributed by atoms with Gasteiger partial charge in [-0.25, -0.2) is 0 Å². The van der Waals surface area contributed by atoms with Gasteiger partial charge in [0.2, 0.25) is 0 Å². The number of rotatable bonds is 1. The van der Waals surface area contributed by atoms with Crippen molar-refractivity contribution in [1.82, 2.24) is 4.90 Å². The van der Waals surface area contributed by atoms with Gasteiger partial charge in [-0.15, -0.1) is 0 Å². The van der Waals surface area contributed by atoms with Gasteiger partial charge in [0.1, 0.15) is 0 Å². The quantitative estimate of drug-likeness (QED) is 0.719. The van der Waals surface area contributed by atoms with Crippen molar-refractivity contribution in [2.75, 3.05) is 6.54 Å². The van der Waals surface area contributed by atoms with Crippen LogP contribution in [0.15, 0.2) is 22.7 Å². The highest BCUT2D eigenvalue weighted by atomic mass is 79.9. The highest BCUT2D eigenvalue weighted by Gasteiger charge is 2.35. The number of carbonyl (C=O) groups excluding carboxylic acids is 2. The van der Waals surface area contributed by atoms with Crippen LogP contribution in [0.4, 0.5) is 0 Å². The van der Waals surface area contributed by atoms with E-state index in [-0.39, 0.29) is 11.8 Å². The Morgan fingerprint density at radius 2 is 2.00 bits per heavy atom. The highest BCUT2D eigenvalue weighted by Crippen LogP contribution is 2.28. The summed E-state index contributed by atoms with van der Waals surface area (Å²) in [5.74, 6) is -0.409. The molecule has 0 unspecified atom stereocenters. The van der Waals surface area contributed by atoms with Gasteiger partial charge in [0.05, 0.1) is 11.1 Å². The van der Waals surface area contributed by atoms with Gasteiger partial charge in [-0.05, 0) is 35.0 Å². The summed E-state index contributed by atoms with van der Waals surface area (Å²) < 4.78 is 0.685. The van der Waals surface area contributed by atoms with Crippen LogP contribution in [0, 0.1) is 0 Å². The molecular formula is C10H8BrNO2. The molecule has 2 rings (SSSR count). The molecule has 72 valence electrons. The third kappa shape index (κ3) is 1.10. The van der Waals surface area contributed by atoms with Crippen LogP contribution in [-0.4, -0.2) is 23.3 Å². The average molecular weight is 254 g/mol. The molecule has 0 fully saturated rings. The summed E-state index contributed by atoms with van der Waals surface area (Å²) in [7, 11) is 0. The Kier molecular flexibility index (Phi) is 2.15. The lowest BCUT2D eigenvalue weighted by atomic mass is 10.1.